The number of nitrogens with one attached hydrogen (secondary N) is 1. The predicted molar refractivity (Wildman–Crippen MR) is 106 cm³/mol. The second-order valence-electron chi connectivity index (χ2n) is 7.05. The van der Waals surface area contributed by atoms with E-state index in [9.17, 15) is 13.2 Å². The molecule has 0 spiro atoms. The Hall–Kier alpha value is -2.65. The maximum atomic E-state index is 13.0. The Morgan fingerprint density at radius 2 is 2.07 bits per heavy atom. The van der Waals surface area contributed by atoms with E-state index in [0.717, 1.165) is 24.8 Å². The van der Waals surface area contributed by atoms with Gasteiger partial charge in [-0.1, -0.05) is 12.5 Å². The van der Waals surface area contributed by atoms with Crippen LogP contribution in [0.5, 0.6) is 11.5 Å². The summed E-state index contributed by atoms with van der Waals surface area (Å²) in [6, 6.07) is 8.41. The van der Waals surface area contributed by atoms with Gasteiger partial charge in [-0.25, -0.2) is 8.42 Å². The monoisotopic (exact) mass is 417 g/mol. The highest BCUT2D eigenvalue weighted by atomic mass is 32.2. The van der Waals surface area contributed by atoms with Gasteiger partial charge in [0.25, 0.3) is 5.91 Å². The van der Waals surface area contributed by atoms with Gasteiger partial charge in [-0.05, 0) is 42.7 Å². The van der Waals surface area contributed by atoms with E-state index in [0.29, 0.717) is 23.6 Å². The van der Waals surface area contributed by atoms with Gasteiger partial charge in [0.05, 0.1) is 11.8 Å². The van der Waals surface area contributed by atoms with Crippen molar-refractivity contribution in [3.63, 3.8) is 0 Å². The van der Waals surface area contributed by atoms with E-state index in [1.54, 1.807) is 34.9 Å². The molecule has 2 aliphatic heterocycles. The van der Waals surface area contributed by atoms with Crippen LogP contribution in [-0.4, -0.2) is 49.2 Å². The number of hydrogen-bond acceptors (Lipinski definition) is 6. The minimum Gasteiger partial charge on any atom is -0.454 e. The van der Waals surface area contributed by atoms with E-state index in [2.05, 4.69) is 10.3 Å². The number of ether oxygens (including phenoxy) is 2. The third-order valence-electron chi connectivity index (χ3n) is 5.16. The number of carbonyl (C=O) groups is 1. The first-order chi connectivity index (χ1) is 14.0. The number of amides is 1. The van der Waals surface area contributed by atoms with Gasteiger partial charge in [0.2, 0.25) is 16.8 Å². The topological polar surface area (TPSA) is 97.8 Å². The Morgan fingerprint density at radius 1 is 1.21 bits per heavy atom. The van der Waals surface area contributed by atoms with E-state index in [-0.39, 0.29) is 31.0 Å². The van der Waals surface area contributed by atoms with Gasteiger partial charge >= 0.3 is 0 Å². The summed E-state index contributed by atoms with van der Waals surface area (Å²) in [4.78, 5) is 16.5. The van der Waals surface area contributed by atoms with Crippen LogP contribution in [0, 0.1) is 0 Å². The molecule has 1 aromatic heterocycles. The van der Waals surface area contributed by atoms with Crippen LogP contribution in [-0.2, 0) is 10.0 Å². The van der Waals surface area contributed by atoms with Gasteiger partial charge in [0.15, 0.2) is 11.5 Å². The minimum absolute atomic E-state index is 0.0336. The SMILES string of the molecule is O=C(NCCS(=O)(=O)N1CCCC[C@H]1c1cccnc1)c1ccc2c(c1)OCO2. The molecule has 1 fully saturated rings. The van der Waals surface area contributed by atoms with Crippen molar-refractivity contribution < 1.29 is 22.7 Å². The lowest BCUT2D eigenvalue weighted by Gasteiger charge is -2.34. The first-order valence-electron chi connectivity index (χ1n) is 9.62. The molecule has 1 amide bonds. The molecule has 9 heteroatoms. The molecule has 8 nitrogen and oxygen atoms in total. The minimum atomic E-state index is -3.52. The smallest absolute Gasteiger partial charge is 0.251 e. The molecular formula is C20H23N3O5S. The number of sulfonamides is 1. The van der Waals surface area contributed by atoms with Crippen molar-refractivity contribution in [1.29, 1.82) is 0 Å². The van der Waals surface area contributed by atoms with E-state index in [1.165, 1.54) is 0 Å². The third kappa shape index (κ3) is 4.35. The zero-order valence-corrected chi connectivity index (χ0v) is 16.7. The van der Waals surface area contributed by atoms with Gasteiger partial charge in [-0.15, -0.1) is 0 Å². The average Bonchev–Trinajstić information content (AvgIpc) is 3.22. The molecule has 0 radical (unpaired) electrons. The molecule has 154 valence electrons. The highest BCUT2D eigenvalue weighted by molar-refractivity contribution is 7.89. The lowest BCUT2D eigenvalue weighted by molar-refractivity contribution is 0.0955. The summed E-state index contributed by atoms with van der Waals surface area (Å²) in [6.07, 6.45) is 5.98. The molecule has 0 unspecified atom stereocenters. The van der Waals surface area contributed by atoms with Gasteiger partial charge in [0, 0.05) is 31.0 Å². The van der Waals surface area contributed by atoms with E-state index >= 15 is 0 Å². The van der Waals surface area contributed by atoms with Crippen molar-refractivity contribution >= 4 is 15.9 Å². The molecule has 1 N–H and O–H groups in total. The quantitative estimate of drug-likeness (QED) is 0.773. The van der Waals surface area contributed by atoms with Crippen LogP contribution in [0.1, 0.15) is 41.2 Å². The van der Waals surface area contributed by atoms with Gasteiger partial charge in [-0.3, -0.25) is 9.78 Å². The zero-order chi connectivity index (χ0) is 20.3. The first-order valence-corrected chi connectivity index (χ1v) is 11.2. The Labute approximate surface area is 169 Å². The summed E-state index contributed by atoms with van der Waals surface area (Å²) in [5, 5.41) is 2.69. The fourth-order valence-corrected chi connectivity index (χ4v) is 5.31. The van der Waals surface area contributed by atoms with Crippen LogP contribution >= 0.6 is 0 Å². The number of hydrogen-bond donors (Lipinski definition) is 1. The number of benzene rings is 1. The van der Waals surface area contributed by atoms with E-state index in [4.69, 9.17) is 9.47 Å². The lowest BCUT2D eigenvalue weighted by atomic mass is 9.99. The molecule has 0 bridgehead atoms. The van der Waals surface area contributed by atoms with Crippen LogP contribution in [0.15, 0.2) is 42.7 Å². The molecule has 0 aliphatic carbocycles. The maximum Gasteiger partial charge on any atom is 0.251 e. The Bertz CT molecular complexity index is 981. The fourth-order valence-electron chi connectivity index (χ4n) is 3.69. The summed E-state index contributed by atoms with van der Waals surface area (Å²) in [7, 11) is -3.52. The number of rotatable bonds is 6. The van der Waals surface area contributed by atoms with Crippen LogP contribution in [0.3, 0.4) is 0 Å². The van der Waals surface area contributed by atoms with Gasteiger partial charge in [-0.2, -0.15) is 4.31 Å². The first kappa shape index (κ1) is 19.7. The molecule has 4 rings (SSSR count). The number of pyridine rings is 1. The van der Waals surface area contributed by atoms with Gasteiger partial charge in [0.1, 0.15) is 0 Å². The van der Waals surface area contributed by atoms with Crippen molar-refractivity contribution in [2.75, 3.05) is 25.6 Å². The van der Waals surface area contributed by atoms with Crippen LogP contribution in [0.25, 0.3) is 0 Å². The molecule has 3 heterocycles. The number of fused-ring (bicyclic) bond motifs is 1. The summed E-state index contributed by atoms with van der Waals surface area (Å²) < 4.78 is 38.0. The van der Waals surface area contributed by atoms with E-state index < -0.39 is 10.0 Å². The third-order valence-corrected chi connectivity index (χ3v) is 7.03. The molecule has 1 atom stereocenters. The highest BCUT2D eigenvalue weighted by Gasteiger charge is 2.33. The van der Waals surface area contributed by atoms with Gasteiger partial charge < -0.3 is 14.8 Å². The molecule has 1 aromatic carbocycles. The number of aromatic nitrogens is 1. The molecule has 1 saturated heterocycles. The average molecular weight is 417 g/mol. The van der Waals surface area contributed by atoms with Crippen molar-refractivity contribution in [3.8, 4) is 11.5 Å². The number of carbonyl (C=O) groups excluding carboxylic acids is 1. The van der Waals surface area contributed by atoms with Crippen molar-refractivity contribution in [2.24, 2.45) is 0 Å². The van der Waals surface area contributed by atoms with Crippen LogP contribution < -0.4 is 14.8 Å². The molecule has 2 aromatic rings. The fraction of sp³-hybridized carbons (Fsp3) is 0.400. The molecule has 2 aliphatic rings. The Morgan fingerprint density at radius 3 is 2.90 bits per heavy atom. The molecular weight excluding hydrogens is 394 g/mol. The van der Waals surface area contributed by atoms with Crippen molar-refractivity contribution in [2.45, 2.75) is 25.3 Å². The number of nitrogens with zero attached hydrogens (tertiary/aromatic N) is 2. The normalized spacial score (nSPS) is 19.1. The predicted octanol–water partition coefficient (Wildman–Crippen LogP) is 2.10. The summed E-state index contributed by atoms with van der Waals surface area (Å²) in [6.45, 7) is 0.649. The van der Waals surface area contributed by atoms with Crippen molar-refractivity contribution in [1.82, 2.24) is 14.6 Å². The zero-order valence-electron chi connectivity index (χ0n) is 15.9. The Kier molecular flexibility index (Phi) is 5.68. The van der Waals surface area contributed by atoms with E-state index in [1.807, 2.05) is 12.1 Å². The second-order valence-corrected chi connectivity index (χ2v) is 9.09. The van der Waals surface area contributed by atoms with Crippen LogP contribution in [0.4, 0.5) is 0 Å². The highest BCUT2D eigenvalue weighted by Crippen LogP contribution is 2.33. The van der Waals surface area contributed by atoms with Crippen LogP contribution in [0.2, 0.25) is 0 Å². The Balaban J connectivity index is 1.38. The summed E-state index contributed by atoms with van der Waals surface area (Å²) in [5.74, 6) is 0.606. The summed E-state index contributed by atoms with van der Waals surface area (Å²) >= 11 is 0. The molecule has 0 saturated carbocycles. The second kappa shape index (κ2) is 8.38. The molecule has 29 heavy (non-hydrogen) atoms. The maximum absolute atomic E-state index is 13.0. The lowest BCUT2D eigenvalue weighted by Crippen LogP contribution is -2.42. The summed E-state index contributed by atoms with van der Waals surface area (Å²) in [5.41, 5.74) is 1.30. The largest absolute Gasteiger partial charge is 0.454 e. The number of piperidine rings is 1. The van der Waals surface area contributed by atoms with Crippen molar-refractivity contribution in [3.05, 3.63) is 53.9 Å². The standard InChI is InChI=1S/C20H23N3O5S/c24-20(15-6-7-18-19(12-15)28-14-27-18)22-9-11-29(25,26)23-10-2-1-5-17(23)16-4-3-8-21-13-16/h3-4,6-8,12-13,17H,1-2,5,9-11,14H2,(H,22,24)/t17-/m0/s1.